The molecule has 1 saturated carbocycles. The molecular formula is C25H38N4O4. The minimum atomic E-state index is -0.424. The van der Waals surface area contributed by atoms with E-state index in [9.17, 15) is 9.59 Å². The van der Waals surface area contributed by atoms with E-state index >= 15 is 0 Å². The van der Waals surface area contributed by atoms with E-state index in [-0.39, 0.29) is 34.9 Å². The van der Waals surface area contributed by atoms with Crippen molar-refractivity contribution < 1.29 is 14.1 Å². The predicted octanol–water partition coefficient (Wildman–Crippen LogP) is 5.21. The van der Waals surface area contributed by atoms with Crippen LogP contribution in [0.2, 0.25) is 0 Å². The van der Waals surface area contributed by atoms with Crippen LogP contribution in [0.5, 0.6) is 0 Å². The fourth-order valence-electron chi connectivity index (χ4n) is 5.30. The summed E-state index contributed by atoms with van der Waals surface area (Å²) >= 11 is 0. The fraction of sp³-hybridized carbons (Fsp3) is 0.720. The summed E-state index contributed by atoms with van der Waals surface area (Å²) in [5.74, 6) is 0.186. The average Bonchev–Trinajstić information content (AvgIpc) is 3.27. The molecule has 1 amide bonds. The highest BCUT2D eigenvalue weighted by molar-refractivity contribution is 6.04. The van der Waals surface area contributed by atoms with Crippen molar-refractivity contribution in [3.8, 4) is 0 Å². The number of amides is 1. The Hall–Kier alpha value is -2.35. The second-order valence-electron chi connectivity index (χ2n) is 10.8. The van der Waals surface area contributed by atoms with Gasteiger partial charge in [0, 0.05) is 12.6 Å². The molecule has 2 aromatic heterocycles. The van der Waals surface area contributed by atoms with Crippen molar-refractivity contribution in [1.82, 2.24) is 14.5 Å². The van der Waals surface area contributed by atoms with Crippen molar-refractivity contribution in [3.05, 3.63) is 33.1 Å². The van der Waals surface area contributed by atoms with Gasteiger partial charge in [0.05, 0.1) is 17.8 Å². The normalized spacial score (nSPS) is 22.5. The lowest BCUT2D eigenvalue weighted by Gasteiger charge is -2.37. The van der Waals surface area contributed by atoms with Crippen LogP contribution in [0.15, 0.2) is 9.32 Å². The summed E-state index contributed by atoms with van der Waals surface area (Å²) in [6.45, 7) is 10.2. The zero-order chi connectivity index (χ0) is 23.9. The van der Waals surface area contributed by atoms with Crippen LogP contribution in [0.3, 0.4) is 0 Å². The minimum Gasteiger partial charge on any atom is -0.366 e. The van der Waals surface area contributed by atoms with Crippen molar-refractivity contribution in [2.24, 2.45) is 12.5 Å². The van der Waals surface area contributed by atoms with Crippen LogP contribution >= 0.6 is 0 Å². The quantitative estimate of drug-likeness (QED) is 0.679. The molecule has 0 radical (unpaired) electrons. The van der Waals surface area contributed by atoms with Gasteiger partial charge in [-0.25, -0.2) is 4.68 Å². The molecule has 2 aromatic rings. The Bertz CT molecular complexity index is 1070. The molecule has 0 spiro atoms. The molecule has 2 fully saturated rings. The molecule has 33 heavy (non-hydrogen) atoms. The van der Waals surface area contributed by atoms with Gasteiger partial charge < -0.3 is 14.6 Å². The second-order valence-corrected chi connectivity index (χ2v) is 10.8. The summed E-state index contributed by atoms with van der Waals surface area (Å²) in [5, 5.41) is 6.90. The molecule has 4 rings (SSSR count). The molecule has 2 aliphatic rings. The van der Waals surface area contributed by atoms with E-state index in [0.29, 0.717) is 17.0 Å². The average molecular weight is 459 g/mol. The zero-order valence-electron chi connectivity index (χ0n) is 20.9. The number of nitrogens with zero attached hydrogens (tertiary/aromatic N) is 3. The Morgan fingerprint density at radius 2 is 1.76 bits per heavy atom. The first kappa shape index (κ1) is 23.8. The Morgan fingerprint density at radius 1 is 1.06 bits per heavy atom. The maximum atomic E-state index is 13.2. The van der Waals surface area contributed by atoms with Gasteiger partial charge in [0.25, 0.3) is 11.5 Å². The van der Waals surface area contributed by atoms with Crippen molar-refractivity contribution in [2.75, 3.05) is 5.32 Å². The Labute approximate surface area is 195 Å². The van der Waals surface area contributed by atoms with Crippen LogP contribution in [-0.2, 0) is 11.8 Å². The third kappa shape index (κ3) is 4.54. The first-order chi connectivity index (χ1) is 15.6. The molecular weight excluding hydrogens is 420 g/mol. The highest BCUT2D eigenvalue weighted by atomic mass is 16.5. The van der Waals surface area contributed by atoms with E-state index in [4.69, 9.17) is 9.26 Å². The second kappa shape index (κ2) is 9.12. The first-order valence-corrected chi connectivity index (χ1v) is 12.3. The standard InChI is InChI=1S/C25H38N4O4/c1-15-20(27-33-22(15)18-13-10-14-19(32-18)25(3,4)5)23(30)26-21-16(2)28(6)29(24(21)31)17-11-8-7-9-12-17/h17-19H,7-14H2,1-6H3,(H,26,30). The molecule has 182 valence electrons. The van der Waals surface area contributed by atoms with E-state index in [1.165, 1.54) is 6.42 Å². The van der Waals surface area contributed by atoms with Crippen molar-refractivity contribution in [1.29, 1.82) is 0 Å². The number of ether oxygens (including phenoxy) is 1. The maximum absolute atomic E-state index is 13.2. The zero-order valence-corrected chi connectivity index (χ0v) is 20.9. The smallest absolute Gasteiger partial charge is 0.291 e. The third-order valence-corrected chi connectivity index (χ3v) is 7.45. The van der Waals surface area contributed by atoms with Crippen LogP contribution in [0.25, 0.3) is 0 Å². The lowest BCUT2D eigenvalue weighted by atomic mass is 9.83. The van der Waals surface area contributed by atoms with E-state index in [1.54, 1.807) is 4.68 Å². The van der Waals surface area contributed by atoms with Gasteiger partial charge in [-0.1, -0.05) is 45.2 Å². The minimum absolute atomic E-state index is 0.0376. The highest BCUT2D eigenvalue weighted by Gasteiger charge is 2.35. The van der Waals surface area contributed by atoms with Crippen LogP contribution in [0.1, 0.15) is 112 Å². The van der Waals surface area contributed by atoms with Gasteiger partial charge in [-0.3, -0.25) is 14.3 Å². The molecule has 3 heterocycles. The number of nitrogens with one attached hydrogen (secondary N) is 1. The van der Waals surface area contributed by atoms with E-state index in [2.05, 4.69) is 31.2 Å². The van der Waals surface area contributed by atoms with Gasteiger partial charge in [0.1, 0.15) is 11.8 Å². The molecule has 8 heteroatoms. The molecule has 2 unspecified atom stereocenters. The summed E-state index contributed by atoms with van der Waals surface area (Å²) in [7, 11) is 1.88. The van der Waals surface area contributed by atoms with E-state index in [0.717, 1.165) is 50.6 Å². The van der Waals surface area contributed by atoms with Gasteiger partial charge in [-0.05, 0) is 51.4 Å². The number of carbonyl (C=O) groups excluding carboxylic acids is 1. The summed E-state index contributed by atoms with van der Waals surface area (Å²) < 4.78 is 15.6. The topological polar surface area (TPSA) is 91.3 Å². The van der Waals surface area contributed by atoms with Gasteiger partial charge in [-0.15, -0.1) is 0 Å². The number of hydrogen-bond donors (Lipinski definition) is 1. The maximum Gasteiger partial charge on any atom is 0.291 e. The Balaban J connectivity index is 1.55. The summed E-state index contributed by atoms with van der Waals surface area (Å²) in [4.78, 5) is 26.3. The lowest BCUT2D eigenvalue weighted by Crippen LogP contribution is -2.34. The SMILES string of the molecule is Cc1c(C(=O)Nc2c(C)n(C)n(C3CCCCC3)c2=O)noc1C1CCCC(C(C)(C)C)O1. The molecule has 1 N–H and O–H groups in total. The van der Waals surface area contributed by atoms with E-state index in [1.807, 2.05) is 25.6 Å². The fourth-order valence-corrected chi connectivity index (χ4v) is 5.30. The molecule has 0 aromatic carbocycles. The number of anilines is 1. The third-order valence-electron chi connectivity index (χ3n) is 7.45. The van der Waals surface area contributed by atoms with Crippen molar-refractivity contribution in [3.63, 3.8) is 0 Å². The van der Waals surface area contributed by atoms with Crippen LogP contribution < -0.4 is 10.9 Å². The highest BCUT2D eigenvalue weighted by Crippen LogP contribution is 2.39. The molecule has 1 aliphatic carbocycles. The molecule has 0 bridgehead atoms. The monoisotopic (exact) mass is 458 g/mol. The van der Waals surface area contributed by atoms with Crippen molar-refractivity contribution >= 4 is 11.6 Å². The number of carbonyl (C=O) groups is 1. The number of aromatic nitrogens is 3. The molecule has 1 saturated heterocycles. The van der Waals surface area contributed by atoms with E-state index < -0.39 is 5.91 Å². The number of hydrogen-bond acceptors (Lipinski definition) is 5. The lowest BCUT2D eigenvalue weighted by molar-refractivity contribution is -0.109. The molecule has 1 aliphatic heterocycles. The summed E-state index contributed by atoms with van der Waals surface area (Å²) in [5.41, 5.74) is 1.82. The van der Waals surface area contributed by atoms with Crippen LogP contribution in [0, 0.1) is 19.3 Å². The van der Waals surface area contributed by atoms with Crippen molar-refractivity contribution in [2.45, 2.75) is 104 Å². The predicted molar refractivity (Wildman–Crippen MR) is 127 cm³/mol. The van der Waals surface area contributed by atoms with Crippen LogP contribution in [-0.4, -0.2) is 26.5 Å². The Kier molecular flexibility index (Phi) is 6.58. The van der Waals surface area contributed by atoms with Gasteiger partial charge in [0.15, 0.2) is 11.5 Å². The first-order valence-electron chi connectivity index (χ1n) is 12.3. The summed E-state index contributed by atoms with van der Waals surface area (Å²) in [6.07, 6.45) is 8.27. The van der Waals surface area contributed by atoms with Gasteiger partial charge in [0.2, 0.25) is 0 Å². The van der Waals surface area contributed by atoms with Crippen LogP contribution in [0.4, 0.5) is 5.69 Å². The largest absolute Gasteiger partial charge is 0.366 e. The number of rotatable bonds is 4. The summed E-state index contributed by atoms with van der Waals surface area (Å²) in [6, 6.07) is 0.181. The molecule has 2 atom stereocenters. The van der Waals surface area contributed by atoms with Gasteiger partial charge >= 0.3 is 0 Å². The van der Waals surface area contributed by atoms with Gasteiger partial charge in [-0.2, -0.15) is 0 Å². The molecule has 8 nitrogen and oxygen atoms in total. The Morgan fingerprint density at radius 3 is 2.42 bits per heavy atom.